The van der Waals surface area contributed by atoms with Crippen LogP contribution in [0.5, 0.6) is 17.5 Å². The van der Waals surface area contributed by atoms with Crippen molar-refractivity contribution in [3.63, 3.8) is 0 Å². The summed E-state index contributed by atoms with van der Waals surface area (Å²) in [6.07, 6.45) is 0.937. The Balaban J connectivity index is 2.23. The molecule has 0 saturated heterocycles. The van der Waals surface area contributed by atoms with Crippen LogP contribution in [0.15, 0.2) is 30.3 Å². The molecule has 5 nitrogen and oxygen atoms in total. The number of nitrogens with two attached hydrogens (primary N) is 1. The fourth-order valence-electron chi connectivity index (χ4n) is 1.72. The van der Waals surface area contributed by atoms with E-state index in [9.17, 15) is 0 Å². The Labute approximate surface area is 118 Å². The second kappa shape index (κ2) is 6.86. The molecule has 0 bridgehead atoms. The lowest BCUT2D eigenvalue weighted by Crippen LogP contribution is -2.04. The van der Waals surface area contributed by atoms with E-state index in [0.717, 1.165) is 17.8 Å². The van der Waals surface area contributed by atoms with Gasteiger partial charge in [0.1, 0.15) is 0 Å². The van der Waals surface area contributed by atoms with E-state index in [1.165, 1.54) is 0 Å². The van der Waals surface area contributed by atoms with Crippen molar-refractivity contribution in [1.82, 2.24) is 9.97 Å². The van der Waals surface area contributed by atoms with Crippen molar-refractivity contribution in [2.45, 2.75) is 26.8 Å². The molecular formula is C15H19N3O2. The Morgan fingerprint density at radius 2 is 1.90 bits per heavy atom. The third-order valence-electron chi connectivity index (χ3n) is 2.61. The molecule has 0 amide bonds. The first kappa shape index (κ1) is 14.3. The largest absolute Gasteiger partial charge is 0.490 e. The molecule has 0 fully saturated rings. The van der Waals surface area contributed by atoms with Crippen LogP contribution in [0.25, 0.3) is 0 Å². The van der Waals surface area contributed by atoms with Crippen LogP contribution >= 0.6 is 0 Å². The Morgan fingerprint density at radius 1 is 1.15 bits per heavy atom. The van der Waals surface area contributed by atoms with Crippen molar-refractivity contribution in [3.8, 4) is 17.5 Å². The average Bonchev–Trinajstić information content (AvgIpc) is 2.45. The predicted molar refractivity (Wildman–Crippen MR) is 77.0 cm³/mol. The zero-order valence-electron chi connectivity index (χ0n) is 11.8. The topological polar surface area (TPSA) is 70.3 Å². The highest BCUT2D eigenvalue weighted by Gasteiger charge is 2.08. The SMILES string of the molecule is CCCOc1ccccc1Oc1nc(C)cc(CN)n1. The van der Waals surface area contributed by atoms with Crippen LogP contribution in [-0.4, -0.2) is 16.6 Å². The van der Waals surface area contributed by atoms with Gasteiger partial charge in [0.15, 0.2) is 11.5 Å². The highest BCUT2D eigenvalue weighted by molar-refractivity contribution is 5.41. The maximum atomic E-state index is 5.73. The summed E-state index contributed by atoms with van der Waals surface area (Å²) in [5, 5.41) is 0. The normalized spacial score (nSPS) is 10.3. The zero-order chi connectivity index (χ0) is 14.4. The first-order valence-corrected chi connectivity index (χ1v) is 6.67. The molecule has 0 atom stereocenters. The van der Waals surface area contributed by atoms with Gasteiger partial charge in [-0.3, -0.25) is 0 Å². The first-order chi connectivity index (χ1) is 9.72. The third kappa shape index (κ3) is 3.68. The summed E-state index contributed by atoms with van der Waals surface area (Å²) in [5.41, 5.74) is 7.18. The molecule has 2 rings (SSSR count). The predicted octanol–water partition coefficient (Wildman–Crippen LogP) is 2.82. The zero-order valence-corrected chi connectivity index (χ0v) is 11.8. The molecule has 0 aliphatic rings. The smallest absolute Gasteiger partial charge is 0.322 e. The minimum Gasteiger partial charge on any atom is -0.490 e. The van der Waals surface area contributed by atoms with Crippen LogP contribution < -0.4 is 15.2 Å². The molecule has 0 spiro atoms. The molecule has 0 aliphatic carbocycles. The number of para-hydroxylation sites is 2. The monoisotopic (exact) mass is 273 g/mol. The number of benzene rings is 1. The lowest BCUT2D eigenvalue weighted by molar-refractivity contribution is 0.299. The number of hydrogen-bond acceptors (Lipinski definition) is 5. The number of nitrogens with zero attached hydrogens (tertiary/aromatic N) is 2. The van der Waals surface area contributed by atoms with Gasteiger partial charge in [0.25, 0.3) is 0 Å². The Kier molecular flexibility index (Phi) is 4.90. The minimum absolute atomic E-state index is 0.290. The van der Waals surface area contributed by atoms with Crippen LogP contribution in [0.4, 0.5) is 0 Å². The van der Waals surface area contributed by atoms with Gasteiger partial charge in [0, 0.05) is 12.2 Å². The van der Waals surface area contributed by atoms with E-state index in [4.69, 9.17) is 15.2 Å². The van der Waals surface area contributed by atoms with Gasteiger partial charge in [-0.05, 0) is 31.5 Å². The van der Waals surface area contributed by atoms with Crippen LogP contribution in [0.1, 0.15) is 24.7 Å². The number of aryl methyl sites for hydroxylation is 1. The molecule has 0 radical (unpaired) electrons. The second-order valence-electron chi connectivity index (χ2n) is 4.38. The third-order valence-corrected chi connectivity index (χ3v) is 2.61. The summed E-state index contributed by atoms with van der Waals surface area (Å²) in [5.74, 6) is 1.29. The summed E-state index contributed by atoms with van der Waals surface area (Å²) in [6, 6.07) is 9.61. The highest BCUT2D eigenvalue weighted by atomic mass is 16.5. The summed E-state index contributed by atoms with van der Waals surface area (Å²) < 4.78 is 11.4. The summed E-state index contributed by atoms with van der Waals surface area (Å²) in [6.45, 7) is 4.94. The van der Waals surface area contributed by atoms with Crippen molar-refractivity contribution in [3.05, 3.63) is 41.7 Å². The highest BCUT2D eigenvalue weighted by Crippen LogP contribution is 2.29. The summed E-state index contributed by atoms with van der Waals surface area (Å²) in [4.78, 5) is 8.51. The average molecular weight is 273 g/mol. The van der Waals surface area contributed by atoms with Crippen LogP contribution in [0.2, 0.25) is 0 Å². The van der Waals surface area contributed by atoms with Gasteiger partial charge in [-0.2, -0.15) is 4.98 Å². The van der Waals surface area contributed by atoms with Gasteiger partial charge in [0.05, 0.1) is 12.3 Å². The molecule has 2 N–H and O–H groups in total. The molecule has 106 valence electrons. The van der Waals surface area contributed by atoms with E-state index in [-0.39, 0.29) is 6.01 Å². The number of aromatic nitrogens is 2. The quantitative estimate of drug-likeness (QED) is 0.876. The maximum Gasteiger partial charge on any atom is 0.322 e. The minimum atomic E-state index is 0.290. The van der Waals surface area contributed by atoms with Gasteiger partial charge in [0.2, 0.25) is 0 Å². The van der Waals surface area contributed by atoms with Crippen LogP contribution in [0, 0.1) is 6.92 Å². The van der Waals surface area contributed by atoms with E-state index in [1.54, 1.807) is 0 Å². The summed E-state index contributed by atoms with van der Waals surface area (Å²) in [7, 11) is 0. The van der Waals surface area contributed by atoms with Crippen molar-refractivity contribution < 1.29 is 9.47 Å². The summed E-state index contributed by atoms with van der Waals surface area (Å²) >= 11 is 0. The van der Waals surface area contributed by atoms with E-state index in [0.29, 0.717) is 24.7 Å². The molecule has 0 saturated carbocycles. The van der Waals surface area contributed by atoms with Crippen molar-refractivity contribution in [2.24, 2.45) is 5.73 Å². The molecule has 1 aromatic carbocycles. The molecule has 0 aliphatic heterocycles. The lowest BCUT2D eigenvalue weighted by atomic mass is 10.3. The van der Waals surface area contributed by atoms with Gasteiger partial charge in [-0.15, -0.1) is 0 Å². The van der Waals surface area contributed by atoms with Crippen molar-refractivity contribution in [2.75, 3.05) is 6.61 Å². The van der Waals surface area contributed by atoms with Gasteiger partial charge in [-0.25, -0.2) is 4.98 Å². The van der Waals surface area contributed by atoms with Gasteiger partial charge in [-0.1, -0.05) is 19.1 Å². The Morgan fingerprint density at radius 3 is 2.60 bits per heavy atom. The van der Waals surface area contributed by atoms with E-state index in [2.05, 4.69) is 16.9 Å². The molecule has 5 heteroatoms. The molecule has 1 heterocycles. The first-order valence-electron chi connectivity index (χ1n) is 6.67. The van der Waals surface area contributed by atoms with Crippen molar-refractivity contribution in [1.29, 1.82) is 0 Å². The van der Waals surface area contributed by atoms with Crippen molar-refractivity contribution >= 4 is 0 Å². The van der Waals surface area contributed by atoms with E-state index >= 15 is 0 Å². The fourth-order valence-corrected chi connectivity index (χ4v) is 1.72. The Hall–Kier alpha value is -2.14. The maximum absolute atomic E-state index is 5.73. The molecule has 1 aromatic heterocycles. The molecular weight excluding hydrogens is 254 g/mol. The number of rotatable bonds is 6. The lowest BCUT2D eigenvalue weighted by Gasteiger charge is -2.11. The number of hydrogen-bond donors (Lipinski definition) is 1. The van der Waals surface area contributed by atoms with E-state index < -0.39 is 0 Å². The molecule has 0 unspecified atom stereocenters. The van der Waals surface area contributed by atoms with E-state index in [1.807, 2.05) is 37.3 Å². The molecule has 2 aromatic rings. The second-order valence-corrected chi connectivity index (χ2v) is 4.38. The standard InChI is InChI=1S/C15H19N3O2/c1-3-8-19-13-6-4-5-7-14(13)20-15-17-11(2)9-12(10-16)18-15/h4-7,9H,3,8,10,16H2,1-2H3. The fraction of sp³-hybridized carbons (Fsp3) is 0.333. The number of ether oxygens (including phenoxy) is 2. The van der Waals surface area contributed by atoms with Gasteiger partial charge < -0.3 is 15.2 Å². The molecule has 20 heavy (non-hydrogen) atoms. The van der Waals surface area contributed by atoms with Crippen LogP contribution in [-0.2, 0) is 6.54 Å². The van der Waals surface area contributed by atoms with Crippen LogP contribution in [0.3, 0.4) is 0 Å². The van der Waals surface area contributed by atoms with Gasteiger partial charge >= 0.3 is 6.01 Å². The Bertz CT molecular complexity index is 573.